The lowest BCUT2D eigenvalue weighted by atomic mass is 9.97. The van der Waals surface area contributed by atoms with Crippen molar-refractivity contribution < 1.29 is 4.79 Å². The molecule has 28 heavy (non-hydrogen) atoms. The Morgan fingerprint density at radius 3 is 2.71 bits per heavy atom. The van der Waals surface area contributed by atoms with Gasteiger partial charge in [0, 0.05) is 30.5 Å². The fraction of sp³-hybridized carbons (Fsp3) is 0.273. The molecule has 0 spiro atoms. The van der Waals surface area contributed by atoms with Crippen molar-refractivity contribution in [1.29, 1.82) is 0 Å². The van der Waals surface area contributed by atoms with Crippen molar-refractivity contribution in [2.75, 3.05) is 11.9 Å². The van der Waals surface area contributed by atoms with Crippen LogP contribution in [0.25, 0.3) is 10.9 Å². The molecule has 0 radical (unpaired) electrons. The smallest absolute Gasteiger partial charge is 0.254 e. The van der Waals surface area contributed by atoms with Crippen molar-refractivity contribution in [3.63, 3.8) is 0 Å². The van der Waals surface area contributed by atoms with Crippen LogP contribution in [0.3, 0.4) is 0 Å². The van der Waals surface area contributed by atoms with Crippen LogP contribution >= 0.6 is 0 Å². The van der Waals surface area contributed by atoms with E-state index in [-0.39, 0.29) is 5.91 Å². The van der Waals surface area contributed by atoms with E-state index in [9.17, 15) is 4.79 Å². The fourth-order valence-electron chi connectivity index (χ4n) is 3.41. The average molecular weight is 373 g/mol. The van der Waals surface area contributed by atoms with Gasteiger partial charge in [-0.3, -0.25) is 9.78 Å². The molecule has 2 heterocycles. The van der Waals surface area contributed by atoms with Gasteiger partial charge in [0.15, 0.2) is 0 Å². The Kier molecular flexibility index (Phi) is 5.56. The summed E-state index contributed by atoms with van der Waals surface area (Å²) in [6, 6.07) is 9.80. The first-order chi connectivity index (χ1) is 13.8. The predicted molar refractivity (Wildman–Crippen MR) is 111 cm³/mol. The van der Waals surface area contributed by atoms with Gasteiger partial charge < -0.3 is 10.6 Å². The van der Waals surface area contributed by atoms with E-state index in [0.717, 1.165) is 35.9 Å². The molecular formula is C22H23N5O. The number of nitrogens with zero attached hydrogens (tertiary/aromatic N) is 3. The van der Waals surface area contributed by atoms with Gasteiger partial charge in [-0.05, 0) is 44.2 Å². The third-order valence-electron chi connectivity index (χ3n) is 4.91. The molecule has 0 atom stereocenters. The summed E-state index contributed by atoms with van der Waals surface area (Å²) in [5, 5.41) is 7.16. The molecule has 1 aliphatic carbocycles. The molecule has 0 fully saturated rings. The number of anilines is 2. The Morgan fingerprint density at radius 1 is 1.04 bits per heavy atom. The first-order valence-electron chi connectivity index (χ1n) is 9.68. The van der Waals surface area contributed by atoms with E-state index in [1.807, 2.05) is 30.3 Å². The minimum absolute atomic E-state index is 0.144. The van der Waals surface area contributed by atoms with Crippen LogP contribution in [-0.2, 0) is 0 Å². The zero-order chi connectivity index (χ0) is 19.2. The van der Waals surface area contributed by atoms with Crippen molar-refractivity contribution in [2.24, 2.45) is 0 Å². The number of aromatic nitrogens is 3. The highest BCUT2D eigenvalue weighted by Crippen LogP contribution is 2.23. The molecule has 1 aliphatic rings. The van der Waals surface area contributed by atoms with Crippen molar-refractivity contribution in [2.45, 2.75) is 32.1 Å². The third kappa shape index (κ3) is 4.34. The Bertz CT molecular complexity index is 992. The first kappa shape index (κ1) is 18.1. The Labute approximate surface area is 164 Å². The number of amides is 1. The van der Waals surface area contributed by atoms with Crippen LogP contribution in [0.2, 0.25) is 0 Å². The molecule has 0 aliphatic heterocycles. The van der Waals surface area contributed by atoms with Gasteiger partial charge in [0.1, 0.15) is 0 Å². The van der Waals surface area contributed by atoms with Gasteiger partial charge in [-0.15, -0.1) is 0 Å². The van der Waals surface area contributed by atoms with Gasteiger partial charge in [0.25, 0.3) is 5.91 Å². The van der Waals surface area contributed by atoms with Crippen LogP contribution in [0.1, 0.15) is 42.5 Å². The molecular weight excluding hydrogens is 350 g/mol. The number of hydrogen-bond acceptors (Lipinski definition) is 5. The van der Waals surface area contributed by atoms with Gasteiger partial charge in [0.2, 0.25) is 5.95 Å². The fourth-order valence-corrected chi connectivity index (χ4v) is 3.41. The largest absolute Gasteiger partial charge is 0.352 e. The molecule has 2 aromatic heterocycles. The zero-order valence-electron chi connectivity index (χ0n) is 15.7. The van der Waals surface area contributed by atoms with Crippen molar-refractivity contribution in [3.05, 3.63) is 66.1 Å². The molecule has 0 bridgehead atoms. The Balaban J connectivity index is 1.36. The maximum atomic E-state index is 12.3. The van der Waals surface area contributed by atoms with Crippen LogP contribution in [0, 0.1) is 0 Å². The van der Waals surface area contributed by atoms with E-state index in [1.54, 1.807) is 18.6 Å². The van der Waals surface area contributed by atoms with Crippen LogP contribution in [-0.4, -0.2) is 27.4 Å². The van der Waals surface area contributed by atoms with Gasteiger partial charge in [-0.25, -0.2) is 9.97 Å². The summed E-state index contributed by atoms with van der Waals surface area (Å²) in [6.45, 7) is 0.645. The van der Waals surface area contributed by atoms with Crippen LogP contribution in [0.4, 0.5) is 11.6 Å². The number of rotatable bonds is 6. The number of nitrogens with one attached hydrogen (secondary N) is 2. The summed E-state index contributed by atoms with van der Waals surface area (Å²) in [7, 11) is 0. The molecule has 4 rings (SSSR count). The number of allylic oxidation sites excluding steroid dienone is 1. The minimum Gasteiger partial charge on any atom is -0.352 e. The standard InChI is InChI=1S/C22H23N5O/c28-21(24-13-11-16-6-2-1-3-7-16)18-14-25-22(26-15-18)27-19-10-4-8-17-9-5-12-23-20(17)19/h4-6,8-10,12,14-15H,1-3,7,11,13H2,(H,24,28)(H,25,26,27). The maximum Gasteiger partial charge on any atom is 0.254 e. The second-order valence-electron chi connectivity index (χ2n) is 6.92. The number of para-hydroxylation sites is 1. The van der Waals surface area contributed by atoms with E-state index in [0.29, 0.717) is 18.1 Å². The topological polar surface area (TPSA) is 79.8 Å². The quantitative estimate of drug-likeness (QED) is 0.627. The van der Waals surface area contributed by atoms with Crippen LogP contribution < -0.4 is 10.6 Å². The summed E-state index contributed by atoms with van der Waals surface area (Å²) in [5.41, 5.74) is 3.59. The van der Waals surface area contributed by atoms with E-state index >= 15 is 0 Å². The first-order valence-corrected chi connectivity index (χ1v) is 9.68. The summed E-state index contributed by atoms with van der Waals surface area (Å²) in [4.78, 5) is 25.3. The molecule has 6 nitrogen and oxygen atoms in total. The zero-order valence-corrected chi connectivity index (χ0v) is 15.7. The van der Waals surface area contributed by atoms with Crippen molar-refractivity contribution >= 4 is 28.4 Å². The Morgan fingerprint density at radius 2 is 1.89 bits per heavy atom. The molecule has 3 aromatic rings. The molecule has 0 unspecified atom stereocenters. The van der Waals surface area contributed by atoms with E-state index in [2.05, 4.69) is 31.7 Å². The lowest BCUT2D eigenvalue weighted by Gasteiger charge is -2.13. The number of carbonyl (C=O) groups excluding carboxylic acids is 1. The highest BCUT2D eigenvalue weighted by molar-refractivity contribution is 5.94. The third-order valence-corrected chi connectivity index (χ3v) is 4.91. The number of carbonyl (C=O) groups is 1. The normalized spacial score (nSPS) is 13.8. The number of hydrogen-bond donors (Lipinski definition) is 2. The van der Waals surface area contributed by atoms with Crippen molar-refractivity contribution in [1.82, 2.24) is 20.3 Å². The number of benzene rings is 1. The van der Waals surface area contributed by atoms with Crippen molar-refractivity contribution in [3.8, 4) is 0 Å². The number of pyridine rings is 1. The van der Waals surface area contributed by atoms with Gasteiger partial charge in [0.05, 0.1) is 16.8 Å². The molecule has 2 N–H and O–H groups in total. The van der Waals surface area contributed by atoms with E-state index < -0.39 is 0 Å². The highest BCUT2D eigenvalue weighted by Gasteiger charge is 2.09. The van der Waals surface area contributed by atoms with Gasteiger partial charge >= 0.3 is 0 Å². The molecule has 0 saturated heterocycles. The average Bonchev–Trinajstić information content (AvgIpc) is 2.75. The highest BCUT2D eigenvalue weighted by atomic mass is 16.1. The minimum atomic E-state index is -0.144. The maximum absolute atomic E-state index is 12.3. The molecule has 0 saturated carbocycles. The predicted octanol–water partition coefficient (Wildman–Crippen LogP) is 4.39. The van der Waals surface area contributed by atoms with Gasteiger partial charge in [-0.2, -0.15) is 0 Å². The van der Waals surface area contributed by atoms with Gasteiger partial charge in [-0.1, -0.05) is 29.8 Å². The van der Waals surface area contributed by atoms with Crippen LogP contribution in [0.15, 0.2) is 60.6 Å². The van der Waals surface area contributed by atoms with E-state index in [4.69, 9.17) is 0 Å². The molecule has 1 amide bonds. The van der Waals surface area contributed by atoms with Crippen LogP contribution in [0.5, 0.6) is 0 Å². The molecule has 1 aromatic carbocycles. The summed E-state index contributed by atoms with van der Waals surface area (Å²) in [6.07, 6.45) is 12.9. The summed E-state index contributed by atoms with van der Waals surface area (Å²) >= 11 is 0. The lowest BCUT2D eigenvalue weighted by Crippen LogP contribution is -2.25. The molecule has 142 valence electrons. The Hall–Kier alpha value is -3.28. The molecule has 6 heteroatoms. The second kappa shape index (κ2) is 8.61. The monoisotopic (exact) mass is 373 g/mol. The number of fused-ring (bicyclic) bond motifs is 1. The SMILES string of the molecule is O=C(NCCC1=CCCCC1)c1cnc(Nc2cccc3cccnc23)nc1. The lowest BCUT2D eigenvalue weighted by molar-refractivity contribution is 0.0953. The summed E-state index contributed by atoms with van der Waals surface area (Å²) in [5.74, 6) is 0.289. The summed E-state index contributed by atoms with van der Waals surface area (Å²) < 4.78 is 0. The second-order valence-corrected chi connectivity index (χ2v) is 6.92. The van der Waals surface area contributed by atoms with E-state index in [1.165, 1.54) is 18.4 Å².